The Morgan fingerprint density at radius 1 is 0.974 bits per heavy atom. The van der Waals surface area contributed by atoms with Gasteiger partial charge >= 0.3 is 0 Å². The van der Waals surface area contributed by atoms with Crippen LogP contribution in [0.2, 0.25) is 5.02 Å². The second-order valence-corrected chi connectivity index (χ2v) is 11.2. The molecule has 2 amide bonds. The van der Waals surface area contributed by atoms with Gasteiger partial charge in [0.25, 0.3) is 21.8 Å². The molecule has 1 saturated heterocycles. The molecule has 1 heterocycles. The SMILES string of the molecule is O=C(CN(c1cccc(Cl)c1)S(=O)(=O)c1ccccc1)N/N=C\c1ccc(OCC(=O)N2CCCCC2)cc1. The summed E-state index contributed by atoms with van der Waals surface area (Å²) in [5, 5.41) is 4.29. The first-order valence-corrected chi connectivity index (χ1v) is 14.3. The molecule has 9 nitrogen and oxygen atoms in total. The van der Waals surface area contributed by atoms with E-state index in [1.807, 2.05) is 4.90 Å². The van der Waals surface area contributed by atoms with Gasteiger partial charge < -0.3 is 9.64 Å². The van der Waals surface area contributed by atoms with Crippen LogP contribution in [0.4, 0.5) is 5.69 Å². The first kappa shape index (κ1) is 28.1. The average Bonchev–Trinajstić information content (AvgIpc) is 2.96. The summed E-state index contributed by atoms with van der Waals surface area (Å²) in [6, 6.07) is 21.0. The maximum absolute atomic E-state index is 13.3. The molecular formula is C28H29ClN4O5S. The lowest BCUT2D eigenvalue weighted by molar-refractivity contribution is -0.134. The molecule has 1 fully saturated rings. The molecule has 0 atom stereocenters. The van der Waals surface area contributed by atoms with Crippen molar-refractivity contribution in [3.05, 3.63) is 89.4 Å². The molecule has 0 saturated carbocycles. The number of hydrogen-bond donors (Lipinski definition) is 1. The van der Waals surface area contributed by atoms with Crippen molar-refractivity contribution in [3.8, 4) is 5.75 Å². The summed E-state index contributed by atoms with van der Waals surface area (Å²) in [4.78, 5) is 26.8. The zero-order valence-corrected chi connectivity index (χ0v) is 22.8. The molecule has 11 heteroatoms. The Bertz CT molecular complexity index is 1410. The summed E-state index contributed by atoms with van der Waals surface area (Å²) < 4.78 is 33.2. The van der Waals surface area contributed by atoms with Crippen LogP contribution in [0.5, 0.6) is 5.75 Å². The van der Waals surface area contributed by atoms with Crippen LogP contribution in [0.1, 0.15) is 24.8 Å². The number of piperidine rings is 1. The quantitative estimate of drug-likeness (QED) is 0.293. The molecule has 39 heavy (non-hydrogen) atoms. The molecule has 0 spiro atoms. The fraction of sp³-hybridized carbons (Fsp3) is 0.250. The highest BCUT2D eigenvalue weighted by Gasteiger charge is 2.27. The predicted molar refractivity (Wildman–Crippen MR) is 151 cm³/mol. The van der Waals surface area contributed by atoms with E-state index in [2.05, 4.69) is 10.5 Å². The Labute approximate surface area is 233 Å². The van der Waals surface area contributed by atoms with Gasteiger partial charge in [-0.2, -0.15) is 5.10 Å². The van der Waals surface area contributed by atoms with Gasteiger partial charge in [0.2, 0.25) is 0 Å². The van der Waals surface area contributed by atoms with Crippen molar-refractivity contribution < 1.29 is 22.7 Å². The number of rotatable bonds is 10. The van der Waals surface area contributed by atoms with Gasteiger partial charge in [0.15, 0.2) is 6.61 Å². The van der Waals surface area contributed by atoms with Crippen LogP contribution in [0.15, 0.2) is 88.9 Å². The van der Waals surface area contributed by atoms with Crippen LogP contribution in [0.25, 0.3) is 0 Å². The average molecular weight is 569 g/mol. The standard InChI is InChI=1S/C28H29ClN4O5S/c29-23-8-7-9-24(18-23)33(39(36,37)26-10-3-1-4-11-26)20-27(34)31-30-19-22-12-14-25(15-13-22)38-21-28(35)32-16-5-2-6-17-32/h1,3-4,7-15,18-19H,2,5-6,16-17,20-21H2,(H,31,34)/b30-19-. The number of hydrazone groups is 1. The van der Waals surface area contributed by atoms with Crippen LogP contribution < -0.4 is 14.5 Å². The number of amides is 2. The van der Waals surface area contributed by atoms with Crippen molar-refractivity contribution in [2.24, 2.45) is 5.10 Å². The molecule has 204 valence electrons. The van der Waals surface area contributed by atoms with E-state index in [4.69, 9.17) is 16.3 Å². The molecule has 4 rings (SSSR count). The van der Waals surface area contributed by atoms with E-state index in [9.17, 15) is 18.0 Å². The number of carbonyl (C=O) groups excluding carboxylic acids is 2. The maximum atomic E-state index is 13.3. The Kier molecular flexibility index (Phi) is 9.56. The Morgan fingerprint density at radius 3 is 2.38 bits per heavy atom. The molecule has 0 aliphatic carbocycles. The molecule has 1 aliphatic rings. The lowest BCUT2D eigenvalue weighted by Crippen LogP contribution is -2.39. The second-order valence-electron chi connectivity index (χ2n) is 8.90. The number of hydrogen-bond acceptors (Lipinski definition) is 6. The van der Waals surface area contributed by atoms with Crippen molar-refractivity contribution in [2.45, 2.75) is 24.2 Å². The number of sulfonamides is 1. The third kappa shape index (κ3) is 7.81. The minimum atomic E-state index is -4.05. The zero-order valence-electron chi connectivity index (χ0n) is 21.2. The van der Waals surface area contributed by atoms with E-state index in [0.717, 1.165) is 36.7 Å². The summed E-state index contributed by atoms with van der Waals surface area (Å²) in [7, 11) is -4.05. The Balaban J connectivity index is 1.35. The first-order valence-electron chi connectivity index (χ1n) is 12.5. The molecule has 0 radical (unpaired) electrons. The summed E-state index contributed by atoms with van der Waals surface area (Å²) in [5.74, 6) is -0.115. The van der Waals surface area contributed by atoms with E-state index >= 15 is 0 Å². The maximum Gasteiger partial charge on any atom is 0.264 e. The van der Waals surface area contributed by atoms with Gasteiger partial charge in [-0.3, -0.25) is 13.9 Å². The van der Waals surface area contributed by atoms with E-state index in [0.29, 0.717) is 16.3 Å². The number of likely N-dealkylation sites (tertiary alicyclic amines) is 1. The summed E-state index contributed by atoms with van der Waals surface area (Å²) in [5.41, 5.74) is 3.30. The number of nitrogens with zero attached hydrogens (tertiary/aromatic N) is 3. The van der Waals surface area contributed by atoms with E-state index in [-0.39, 0.29) is 23.1 Å². The van der Waals surface area contributed by atoms with E-state index < -0.39 is 22.5 Å². The normalized spacial score (nSPS) is 13.7. The number of halogens is 1. The minimum absolute atomic E-state index is 0.0154. The number of carbonyl (C=O) groups is 2. The number of benzene rings is 3. The van der Waals surface area contributed by atoms with E-state index in [1.165, 1.54) is 24.4 Å². The number of anilines is 1. The number of nitrogens with one attached hydrogen (secondary N) is 1. The van der Waals surface area contributed by atoms with Crippen molar-refractivity contribution in [2.75, 3.05) is 30.5 Å². The third-order valence-electron chi connectivity index (χ3n) is 6.07. The van der Waals surface area contributed by atoms with Crippen molar-refractivity contribution in [1.82, 2.24) is 10.3 Å². The first-order chi connectivity index (χ1) is 18.8. The fourth-order valence-corrected chi connectivity index (χ4v) is 5.66. The molecule has 1 N–H and O–H groups in total. The van der Waals surface area contributed by atoms with Crippen LogP contribution in [-0.2, 0) is 19.6 Å². The molecule has 0 bridgehead atoms. The van der Waals surface area contributed by atoms with Crippen LogP contribution >= 0.6 is 11.6 Å². The topological polar surface area (TPSA) is 108 Å². The Morgan fingerprint density at radius 2 is 1.69 bits per heavy atom. The molecular weight excluding hydrogens is 540 g/mol. The lowest BCUT2D eigenvalue weighted by atomic mass is 10.1. The van der Waals surface area contributed by atoms with Gasteiger partial charge in [0.05, 0.1) is 16.8 Å². The second kappa shape index (κ2) is 13.3. The molecule has 3 aromatic carbocycles. The largest absolute Gasteiger partial charge is 0.484 e. The summed E-state index contributed by atoms with van der Waals surface area (Å²) >= 11 is 6.08. The minimum Gasteiger partial charge on any atom is -0.484 e. The highest BCUT2D eigenvalue weighted by molar-refractivity contribution is 7.92. The predicted octanol–water partition coefficient (Wildman–Crippen LogP) is 4.08. The fourth-order valence-electron chi connectivity index (χ4n) is 4.04. The number of ether oxygens (including phenoxy) is 1. The highest BCUT2D eigenvalue weighted by Crippen LogP contribution is 2.26. The monoisotopic (exact) mass is 568 g/mol. The van der Waals surface area contributed by atoms with Gasteiger partial charge in [-0.05, 0) is 79.4 Å². The summed E-state index contributed by atoms with van der Waals surface area (Å²) in [6.07, 6.45) is 4.63. The molecule has 1 aliphatic heterocycles. The van der Waals surface area contributed by atoms with Crippen molar-refractivity contribution >= 4 is 45.3 Å². The summed E-state index contributed by atoms with van der Waals surface area (Å²) in [6.45, 7) is 1.03. The zero-order chi connectivity index (χ0) is 27.7. The van der Waals surface area contributed by atoms with Gasteiger partial charge in [0.1, 0.15) is 12.3 Å². The van der Waals surface area contributed by atoms with Crippen LogP contribution in [0, 0.1) is 0 Å². The van der Waals surface area contributed by atoms with Crippen LogP contribution in [0.3, 0.4) is 0 Å². The molecule has 0 aromatic heterocycles. The lowest BCUT2D eigenvalue weighted by Gasteiger charge is -2.26. The molecule has 0 unspecified atom stereocenters. The van der Waals surface area contributed by atoms with E-state index in [1.54, 1.807) is 60.7 Å². The van der Waals surface area contributed by atoms with Gasteiger partial charge in [0, 0.05) is 18.1 Å². The van der Waals surface area contributed by atoms with Crippen LogP contribution in [-0.4, -0.2) is 57.6 Å². The van der Waals surface area contributed by atoms with Gasteiger partial charge in [-0.15, -0.1) is 0 Å². The molecule has 3 aromatic rings. The third-order valence-corrected chi connectivity index (χ3v) is 8.09. The van der Waals surface area contributed by atoms with Gasteiger partial charge in [-0.25, -0.2) is 13.8 Å². The van der Waals surface area contributed by atoms with Gasteiger partial charge in [-0.1, -0.05) is 35.9 Å². The Hall–Kier alpha value is -3.89. The van der Waals surface area contributed by atoms with Crippen molar-refractivity contribution in [3.63, 3.8) is 0 Å². The highest BCUT2D eigenvalue weighted by atomic mass is 35.5. The smallest absolute Gasteiger partial charge is 0.264 e. The van der Waals surface area contributed by atoms with Crippen molar-refractivity contribution in [1.29, 1.82) is 0 Å².